The number of aromatic hydroxyl groups is 2. The molecule has 72 valence electrons. The molecule has 4 nitrogen and oxygen atoms in total. The van der Waals surface area contributed by atoms with Crippen molar-refractivity contribution in [1.82, 2.24) is 0 Å². The fraction of sp³-hybridized carbons (Fsp3) is 0.333. The first-order valence-electron chi connectivity index (χ1n) is 4.08. The fourth-order valence-corrected chi connectivity index (χ4v) is 1.10. The fourth-order valence-electron chi connectivity index (χ4n) is 1.10. The van der Waals surface area contributed by atoms with Crippen molar-refractivity contribution >= 4 is 0 Å². The zero-order valence-electron chi connectivity index (χ0n) is 7.49. The summed E-state index contributed by atoms with van der Waals surface area (Å²) in [5.41, 5.74) is 10.7. The van der Waals surface area contributed by atoms with Crippen LogP contribution in [0.1, 0.15) is 18.9 Å². The van der Waals surface area contributed by atoms with Crippen LogP contribution >= 0.6 is 0 Å². The van der Waals surface area contributed by atoms with E-state index in [4.69, 9.17) is 11.5 Å². The average molecular weight is 182 g/mol. The molecule has 0 radical (unpaired) electrons. The number of hydrogen-bond acceptors (Lipinski definition) is 4. The Morgan fingerprint density at radius 1 is 1.31 bits per heavy atom. The van der Waals surface area contributed by atoms with Crippen molar-refractivity contribution in [2.24, 2.45) is 11.5 Å². The van der Waals surface area contributed by atoms with Gasteiger partial charge in [0.2, 0.25) is 0 Å². The molecule has 1 rings (SSSR count). The van der Waals surface area contributed by atoms with Crippen molar-refractivity contribution in [2.75, 3.05) is 0 Å². The van der Waals surface area contributed by atoms with Gasteiger partial charge >= 0.3 is 0 Å². The van der Waals surface area contributed by atoms with Gasteiger partial charge in [0.25, 0.3) is 0 Å². The van der Waals surface area contributed by atoms with E-state index < -0.39 is 5.66 Å². The van der Waals surface area contributed by atoms with Gasteiger partial charge in [0, 0.05) is 5.56 Å². The van der Waals surface area contributed by atoms with Gasteiger partial charge in [0.05, 0.1) is 5.66 Å². The van der Waals surface area contributed by atoms with Gasteiger partial charge in [0.1, 0.15) is 0 Å². The van der Waals surface area contributed by atoms with Crippen LogP contribution in [0, 0.1) is 0 Å². The highest BCUT2D eigenvalue weighted by molar-refractivity contribution is 5.47. The molecule has 4 heteroatoms. The number of para-hydroxylation sites is 1. The SMILES string of the molecule is CCC(N)(N)c1cccc(O)c1O. The first-order chi connectivity index (χ1) is 5.99. The van der Waals surface area contributed by atoms with E-state index in [-0.39, 0.29) is 11.5 Å². The Bertz CT molecular complexity index is 310. The van der Waals surface area contributed by atoms with E-state index in [2.05, 4.69) is 0 Å². The lowest BCUT2D eigenvalue weighted by Gasteiger charge is -2.24. The molecule has 6 N–H and O–H groups in total. The molecule has 0 saturated carbocycles. The highest BCUT2D eigenvalue weighted by Gasteiger charge is 2.23. The predicted octanol–water partition coefficient (Wildman–Crippen LogP) is 0.578. The lowest BCUT2D eigenvalue weighted by molar-refractivity contribution is 0.370. The maximum Gasteiger partial charge on any atom is 0.163 e. The van der Waals surface area contributed by atoms with Gasteiger partial charge in [0.15, 0.2) is 11.5 Å². The lowest BCUT2D eigenvalue weighted by Crippen LogP contribution is -2.45. The van der Waals surface area contributed by atoms with Gasteiger partial charge in [-0.2, -0.15) is 0 Å². The Balaban J connectivity index is 3.22. The second-order valence-corrected chi connectivity index (χ2v) is 3.07. The number of nitrogens with two attached hydrogens (primary N) is 2. The first-order valence-corrected chi connectivity index (χ1v) is 4.08. The van der Waals surface area contributed by atoms with Crippen LogP contribution in [0.15, 0.2) is 18.2 Å². The van der Waals surface area contributed by atoms with E-state index in [9.17, 15) is 10.2 Å². The quantitative estimate of drug-likeness (QED) is 0.397. The van der Waals surface area contributed by atoms with Crippen LogP contribution in [0.5, 0.6) is 11.5 Å². The van der Waals surface area contributed by atoms with Gasteiger partial charge in [-0.15, -0.1) is 0 Å². The van der Waals surface area contributed by atoms with Crippen LogP contribution in [-0.4, -0.2) is 10.2 Å². The maximum atomic E-state index is 9.45. The van der Waals surface area contributed by atoms with E-state index in [1.54, 1.807) is 12.1 Å². The molecule has 0 amide bonds. The van der Waals surface area contributed by atoms with Crippen LogP contribution < -0.4 is 11.5 Å². The third-order valence-electron chi connectivity index (χ3n) is 2.10. The lowest BCUT2D eigenvalue weighted by atomic mass is 9.97. The molecule has 0 spiro atoms. The van der Waals surface area contributed by atoms with Crippen LogP contribution in [-0.2, 0) is 5.66 Å². The number of hydrogen-bond donors (Lipinski definition) is 4. The summed E-state index contributed by atoms with van der Waals surface area (Å²) in [5.74, 6) is -0.444. The molecule has 0 aliphatic rings. The first kappa shape index (κ1) is 9.83. The summed E-state index contributed by atoms with van der Waals surface area (Å²) < 4.78 is 0. The number of rotatable bonds is 2. The van der Waals surface area contributed by atoms with Crippen molar-refractivity contribution < 1.29 is 10.2 Å². The van der Waals surface area contributed by atoms with Crippen molar-refractivity contribution in [3.63, 3.8) is 0 Å². The molecular weight excluding hydrogens is 168 g/mol. The van der Waals surface area contributed by atoms with Crippen LogP contribution in [0.4, 0.5) is 0 Å². The largest absolute Gasteiger partial charge is 0.504 e. The molecule has 0 atom stereocenters. The van der Waals surface area contributed by atoms with Crippen molar-refractivity contribution in [1.29, 1.82) is 0 Å². The Kier molecular flexibility index (Phi) is 2.45. The summed E-state index contributed by atoms with van der Waals surface area (Å²) in [6, 6.07) is 4.57. The molecule has 0 aromatic heterocycles. The maximum absolute atomic E-state index is 9.45. The third-order valence-corrected chi connectivity index (χ3v) is 2.10. The molecule has 0 heterocycles. The molecule has 0 fully saturated rings. The molecule has 13 heavy (non-hydrogen) atoms. The Morgan fingerprint density at radius 2 is 1.92 bits per heavy atom. The highest BCUT2D eigenvalue weighted by Crippen LogP contribution is 2.33. The zero-order chi connectivity index (χ0) is 10.1. The van der Waals surface area contributed by atoms with Gasteiger partial charge in [-0.25, -0.2) is 0 Å². The van der Waals surface area contributed by atoms with E-state index in [1.165, 1.54) is 6.07 Å². The molecule has 0 aliphatic heterocycles. The summed E-state index contributed by atoms with van der Waals surface area (Å²) in [6.45, 7) is 1.81. The number of phenols is 2. The predicted molar refractivity (Wildman–Crippen MR) is 50.1 cm³/mol. The van der Waals surface area contributed by atoms with Gasteiger partial charge in [-0.3, -0.25) is 0 Å². The molecule has 1 aromatic rings. The van der Waals surface area contributed by atoms with Crippen LogP contribution in [0.25, 0.3) is 0 Å². The average Bonchev–Trinajstić information content (AvgIpc) is 2.09. The molecular formula is C9H14N2O2. The van der Waals surface area contributed by atoms with E-state index >= 15 is 0 Å². The highest BCUT2D eigenvalue weighted by atomic mass is 16.3. The van der Waals surface area contributed by atoms with Gasteiger partial charge in [-0.05, 0) is 12.5 Å². The van der Waals surface area contributed by atoms with E-state index in [1.807, 2.05) is 6.92 Å². The topological polar surface area (TPSA) is 92.5 Å². The smallest absolute Gasteiger partial charge is 0.163 e. The monoisotopic (exact) mass is 182 g/mol. The number of benzene rings is 1. The molecule has 1 aromatic carbocycles. The van der Waals surface area contributed by atoms with Crippen molar-refractivity contribution in [2.45, 2.75) is 19.0 Å². The number of phenolic OH excluding ortho intramolecular Hbond substituents is 2. The second-order valence-electron chi connectivity index (χ2n) is 3.07. The summed E-state index contributed by atoms with van der Waals surface area (Å²) in [6.07, 6.45) is 0.476. The second kappa shape index (κ2) is 3.24. The van der Waals surface area contributed by atoms with E-state index in [0.717, 1.165) is 0 Å². The summed E-state index contributed by atoms with van der Waals surface area (Å²) in [5, 5.41) is 18.7. The molecule has 0 saturated heterocycles. The minimum absolute atomic E-state index is 0.203. The van der Waals surface area contributed by atoms with Crippen molar-refractivity contribution in [3.05, 3.63) is 23.8 Å². The summed E-state index contributed by atoms with van der Waals surface area (Å²) in [4.78, 5) is 0. The molecule has 0 aliphatic carbocycles. The van der Waals surface area contributed by atoms with Gasteiger partial charge < -0.3 is 21.7 Å². The Morgan fingerprint density at radius 3 is 2.46 bits per heavy atom. The Labute approximate surface area is 76.8 Å². The summed E-state index contributed by atoms with van der Waals surface area (Å²) >= 11 is 0. The zero-order valence-corrected chi connectivity index (χ0v) is 7.49. The minimum Gasteiger partial charge on any atom is -0.504 e. The van der Waals surface area contributed by atoms with E-state index in [0.29, 0.717) is 12.0 Å². The van der Waals surface area contributed by atoms with Crippen LogP contribution in [0.3, 0.4) is 0 Å². The summed E-state index contributed by atoms with van der Waals surface area (Å²) in [7, 11) is 0. The molecule has 0 bridgehead atoms. The minimum atomic E-state index is -1.09. The van der Waals surface area contributed by atoms with Crippen LogP contribution in [0.2, 0.25) is 0 Å². The van der Waals surface area contributed by atoms with Crippen molar-refractivity contribution in [3.8, 4) is 11.5 Å². The Hall–Kier alpha value is -1.26. The normalized spacial score (nSPS) is 11.6. The van der Waals surface area contributed by atoms with Gasteiger partial charge in [-0.1, -0.05) is 19.1 Å². The molecule has 0 unspecified atom stereocenters. The third kappa shape index (κ3) is 1.74. The standard InChI is InChI=1S/C9H14N2O2/c1-2-9(10,11)6-4-3-5-7(12)8(6)13/h3-5,12-13H,2,10-11H2,1H3.